The van der Waals surface area contributed by atoms with Crippen LogP contribution in [0.5, 0.6) is 11.5 Å². The first kappa shape index (κ1) is 12.0. The van der Waals surface area contributed by atoms with Gasteiger partial charge in [0.25, 0.3) is 0 Å². The van der Waals surface area contributed by atoms with Crippen LogP contribution in [0.3, 0.4) is 0 Å². The zero-order valence-corrected chi connectivity index (χ0v) is 11.1. The van der Waals surface area contributed by atoms with E-state index in [9.17, 15) is 0 Å². The highest BCUT2D eigenvalue weighted by Crippen LogP contribution is 2.37. The van der Waals surface area contributed by atoms with Gasteiger partial charge in [0.2, 0.25) is 0 Å². The third-order valence-corrected chi connectivity index (χ3v) is 3.49. The zero-order chi connectivity index (χ0) is 13.4. The number of anilines is 1. The van der Waals surface area contributed by atoms with Crippen LogP contribution < -0.4 is 20.7 Å². The third kappa shape index (κ3) is 1.96. The highest BCUT2D eigenvalue weighted by molar-refractivity contribution is 5.95. The van der Waals surface area contributed by atoms with Gasteiger partial charge in [0, 0.05) is 23.6 Å². The number of nitrogens with one attached hydrogen (secondary N) is 1. The van der Waals surface area contributed by atoms with Crippen LogP contribution in [0.1, 0.15) is 17.7 Å². The fourth-order valence-corrected chi connectivity index (χ4v) is 2.32. The van der Waals surface area contributed by atoms with E-state index in [1.807, 2.05) is 26.0 Å². The molecule has 2 heterocycles. The average Bonchev–Trinajstić information content (AvgIpc) is 2.63. The Morgan fingerprint density at radius 3 is 2.53 bits per heavy atom. The molecule has 1 aromatic heterocycles. The Labute approximate surface area is 111 Å². The molecule has 0 amide bonds. The van der Waals surface area contributed by atoms with Crippen LogP contribution in [-0.2, 0) is 0 Å². The van der Waals surface area contributed by atoms with Crippen molar-refractivity contribution in [3.05, 3.63) is 23.4 Å². The maximum atomic E-state index is 5.70. The van der Waals surface area contributed by atoms with Crippen LogP contribution in [0.15, 0.2) is 12.1 Å². The standard InChI is InChI=1S/C14H17N3O2/c1-8-9(2)16-11-7-13-12(18-4-3-5-19-13)6-10(11)14(8)17-15/h6-7H,3-5,15H2,1-2H3,(H,16,17). The number of aromatic nitrogens is 1. The smallest absolute Gasteiger partial charge is 0.163 e. The van der Waals surface area contributed by atoms with Gasteiger partial charge in [-0.15, -0.1) is 0 Å². The van der Waals surface area contributed by atoms with E-state index in [2.05, 4.69) is 10.4 Å². The average molecular weight is 259 g/mol. The van der Waals surface area contributed by atoms with E-state index in [0.29, 0.717) is 13.2 Å². The maximum absolute atomic E-state index is 5.70. The number of hydrazine groups is 1. The van der Waals surface area contributed by atoms with Crippen LogP contribution >= 0.6 is 0 Å². The SMILES string of the molecule is Cc1nc2cc3c(cc2c(NN)c1C)OCCCO3. The lowest BCUT2D eigenvalue weighted by atomic mass is 10.1. The van der Waals surface area contributed by atoms with Gasteiger partial charge in [-0.3, -0.25) is 10.8 Å². The highest BCUT2D eigenvalue weighted by atomic mass is 16.5. The highest BCUT2D eigenvalue weighted by Gasteiger charge is 2.15. The van der Waals surface area contributed by atoms with E-state index >= 15 is 0 Å². The molecule has 0 unspecified atom stereocenters. The minimum atomic E-state index is 0.669. The summed E-state index contributed by atoms with van der Waals surface area (Å²) in [5.41, 5.74) is 6.51. The van der Waals surface area contributed by atoms with Crippen LogP contribution in [0.4, 0.5) is 5.69 Å². The quantitative estimate of drug-likeness (QED) is 0.607. The van der Waals surface area contributed by atoms with Crippen molar-refractivity contribution in [2.24, 2.45) is 5.84 Å². The summed E-state index contributed by atoms with van der Waals surface area (Å²) in [7, 11) is 0. The van der Waals surface area contributed by atoms with Gasteiger partial charge >= 0.3 is 0 Å². The summed E-state index contributed by atoms with van der Waals surface area (Å²) in [6.45, 7) is 5.31. The van der Waals surface area contributed by atoms with Crippen molar-refractivity contribution in [2.45, 2.75) is 20.3 Å². The molecule has 0 aliphatic carbocycles. The minimum absolute atomic E-state index is 0.669. The molecule has 2 aromatic rings. The second-order valence-electron chi connectivity index (χ2n) is 4.71. The van der Waals surface area contributed by atoms with Crippen molar-refractivity contribution in [1.29, 1.82) is 0 Å². The predicted molar refractivity (Wildman–Crippen MR) is 74.6 cm³/mol. The Hall–Kier alpha value is -2.01. The van der Waals surface area contributed by atoms with E-state index in [4.69, 9.17) is 15.3 Å². The van der Waals surface area contributed by atoms with E-state index in [-0.39, 0.29) is 0 Å². The van der Waals surface area contributed by atoms with Gasteiger partial charge in [-0.2, -0.15) is 0 Å². The number of pyridine rings is 1. The molecular weight excluding hydrogens is 242 g/mol. The van der Waals surface area contributed by atoms with Crippen LogP contribution in [0.25, 0.3) is 10.9 Å². The molecule has 0 saturated carbocycles. The third-order valence-electron chi connectivity index (χ3n) is 3.49. The molecule has 3 N–H and O–H groups in total. The van der Waals surface area contributed by atoms with Crippen molar-refractivity contribution >= 4 is 16.6 Å². The number of nitrogen functional groups attached to an aromatic ring is 1. The summed E-state index contributed by atoms with van der Waals surface area (Å²) in [6.07, 6.45) is 0.887. The Balaban J connectivity index is 2.29. The number of benzene rings is 1. The molecule has 0 spiro atoms. The monoisotopic (exact) mass is 259 g/mol. The Morgan fingerprint density at radius 2 is 1.84 bits per heavy atom. The molecule has 1 aromatic carbocycles. The van der Waals surface area contributed by atoms with E-state index in [1.54, 1.807) is 0 Å². The lowest BCUT2D eigenvalue weighted by Crippen LogP contribution is -2.10. The van der Waals surface area contributed by atoms with Gasteiger partial charge in [-0.25, -0.2) is 0 Å². The predicted octanol–water partition coefficient (Wildman–Crippen LogP) is 2.30. The zero-order valence-electron chi connectivity index (χ0n) is 11.1. The number of nitrogens with two attached hydrogens (primary N) is 1. The molecule has 1 aliphatic rings. The maximum Gasteiger partial charge on any atom is 0.163 e. The first-order chi connectivity index (χ1) is 9.20. The number of ether oxygens (including phenoxy) is 2. The number of fused-ring (bicyclic) bond motifs is 2. The van der Waals surface area contributed by atoms with Gasteiger partial charge in [-0.05, 0) is 25.5 Å². The summed E-state index contributed by atoms with van der Waals surface area (Å²) in [5, 5.41) is 0.954. The van der Waals surface area contributed by atoms with Crippen molar-refractivity contribution in [1.82, 2.24) is 4.98 Å². The topological polar surface area (TPSA) is 69.4 Å². The number of hydrogen-bond acceptors (Lipinski definition) is 5. The summed E-state index contributed by atoms with van der Waals surface area (Å²) in [5.74, 6) is 7.15. The Morgan fingerprint density at radius 1 is 1.16 bits per heavy atom. The molecule has 0 atom stereocenters. The number of aryl methyl sites for hydroxylation is 1. The first-order valence-corrected chi connectivity index (χ1v) is 6.38. The lowest BCUT2D eigenvalue weighted by Gasteiger charge is -2.14. The van der Waals surface area contributed by atoms with Gasteiger partial charge < -0.3 is 14.9 Å². The van der Waals surface area contributed by atoms with Gasteiger partial charge in [-0.1, -0.05) is 0 Å². The molecule has 0 radical (unpaired) electrons. The number of nitrogens with zero attached hydrogens (tertiary/aromatic N) is 1. The molecule has 5 nitrogen and oxygen atoms in total. The van der Waals surface area contributed by atoms with Crippen molar-refractivity contribution in [2.75, 3.05) is 18.6 Å². The molecule has 19 heavy (non-hydrogen) atoms. The van der Waals surface area contributed by atoms with Crippen molar-refractivity contribution < 1.29 is 9.47 Å². The summed E-state index contributed by atoms with van der Waals surface area (Å²) >= 11 is 0. The second-order valence-corrected chi connectivity index (χ2v) is 4.71. The van der Waals surface area contributed by atoms with Crippen LogP contribution in [-0.4, -0.2) is 18.2 Å². The van der Waals surface area contributed by atoms with E-state index in [1.165, 1.54) is 0 Å². The van der Waals surface area contributed by atoms with Gasteiger partial charge in [0.05, 0.1) is 24.4 Å². The van der Waals surface area contributed by atoms with Crippen LogP contribution in [0, 0.1) is 13.8 Å². The van der Waals surface area contributed by atoms with Crippen LogP contribution in [0.2, 0.25) is 0 Å². The Kier molecular flexibility index (Phi) is 2.91. The summed E-state index contributed by atoms with van der Waals surface area (Å²) < 4.78 is 11.4. The second kappa shape index (κ2) is 4.59. The summed E-state index contributed by atoms with van der Waals surface area (Å²) in [6, 6.07) is 3.87. The Bertz CT molecular complexity index is 640. The number of rotatable bonds is 1. The fourth-order valence-electron chi connectivity index (χ4n) is 2.32. The first-order valence-electron chi connectivity index (χ1n) is 6.38. The molecule has 1 aliphatic heterocycles. The van der Waals surface area contributed by atoms with Gasteiger partial charge in [0.15, 0.2) is 11.5 Å². The van der Waals surface area contributed by atoms with E-state index < -0.39 is 0 Å². The summed E-state index contributed by atoms with van der Waals surface area (Å²) in [4.78, 5) is 4.59. The number of hydrogen-bond donors (Lipinski definition) is 2. The van der Waals surface area contributed by atoms with Crippen molar-refractivity contribution in [3.63, 3.8) is 0 Å². The largest absolute Gasteiger partial charge is 0.490 e. The molecule has 5 heteroatoms. The molecule has 3 rings (SSSR count). The van der Waals surface area contributed by atoms with Gasteiger partial charge in [0.1, 0.15) is 0 Å². The molecule has 0 saturated heterocycles. The lowest BCUT2D eigenvalue weighted by molar-refractivity contribution is 0.297. The minimum Gasteiger partial charge on any atom is -0.490 e. The molecule has 100 valence electrons. The van der Waals surface area contributed by atoms with Crippen molar-refractivity contribution in [3.8, 4) is 11.5 Å². The molecule has 0 bridgehead atoms. The van der Waals surface area contributed by atoms with E-state index in [0.717, 1.165) is 45.8 Å². The fraction of sp³-hybridized carbons (Fsp3) is 0.357. The molecular formula is C14H17N3O2. The molecule has 0 fully saturated rings. The normalized spacial score (nSPS) is 14.3.